The summed E-state index contributed by atoms with van der Waals surface area (Å²) in [7, 11) is 0. The molecule has 1 aromatic carbocycles. The van der Waals surface area contributed by atoms with Crippen molar-refractivity contribution in [3.63, 3.8) is 0 Å². The maximum atomic E-state index is 13.5. The normalized spacial score (nSPS) is 10.1. The third kappa shape index (κ3) is 3.83. The number of carbonyl (C=O) groups excluding carboxylic acids is 1. The Bertz CT molecular complexity index is 756. The average Bonchev–Trinajstić information content (AvgIpc) is 2.47. The number of rotatable bonds is 4. The molecule has 1 N–H and O–H groups in total. The fourth-order valence-electron chi connectivity index (χ4n) is 1.93. The zero-order chi connectivity index (χ0) is 16.1. The van der Waals surface area contributed by atoms with Crippen LogP contribution in [0.4, 0.5) is 10.1 Å². The average molecular weight is 315 g/mol. The molecule has 4 nitrogen and oxygen atoms in total. The van der Waals surface area contributed by atoms with Crippen LogP contribution in [0.1, 0.15) is 16.8 Å². The third-order valence-corrected chi connectivity index (χ3v) is 3.89. The van der Waals surface area contributed by atoms with Crippen LogP contribution in [0.25, 0.3) is 0 Å². The number of para-hydroxylation sites is 1. The van der Waals surface area contributed by atoms with Crippen LogP contribution in [0.15, 0.2) is 35.4 Å². The maximum Gasteiger partial charge on any atom is 0.234 e. The summed E-state index contributed by atoms with van der Waals surface area (Å²) >= 11 is 1.17. The van der Waals surface area contributed by atoms with Crippen LogP contribution in [0, 0.1) is 31.0 Å². The number of amides is 1. The summed E-state index contributed by atoms with van der Waals surface area (Å²) in [5.74, 6) is -0.776. The van der Waals surface area contributed by atoms with E-state index in [0.29, 0.717) is 10.6 Å². The Morgan fingerprint density at radius 2 is 2.14 bits per heavy atom. The molecule has 1 amide bonds. The third-order valence-electron chi connectivity index (χ3n) is 2.91. The minimum absolute atomic E-state index is 0.0545. The quantitative estimate of drug-likeness (QED) is 0.878. The van der Waals surface area contributed by atoms with Crippen LogP contribution < -0.4 is 5.32 Å². The van der Waals surface area contributed by atoms with Crippen LogP contribution in [0.2, 0.25) is 0 Å². The number of hydrogen-bond donors (Lipinski definition) is 1. The van der Waals surface area contributed by atoms with E-state index in [1.54, 1.807) is 12.1 Å². The maximum absolute atomic E-state index is 13.5. The lowest BCUT2D eigenvalue weighted by molar-refractivity contribution is -0.113. The van der Waals surface area contributed by atoms with E-state index >= 15 is 0 Å². The number of pyridine rings is 1. The molecule has 0 fully saturated rings. The number of halogens is 1. The van der Waals surface area contributed by atoms with Gasteiger partial charge in [0.05, 0.1) is 17.0 Å². The number of aryl methyl sites for hydroxylation is 2. The Labute approximate surface area is 132 Å². The van der Waals surface area contributed by atoms with E-state index in [4.69, 9.17) is 0 Å². The molecule has 0 aliphatic carbocycles. The molecule has 0 aliphatic rings. The van der Waals surface area contributed by atoms with Gasteiger partial charge in [0.25, 0.3) is 0 Å². The summed E-state index contributed by atoms with van der Waals surface area (Å²) in [5, 5.41) is 12.2. The van der Waals surface area contributed by atoms with Crippen LogP contribution in [0.3, 0.4) is 0 Å². The smallest absolute Gasteiger partial charge is 0.234 e. The Morgan fingerprint density at radius 3 is 2.82 bits per heavy atom. The lowest BCUT2D eigenvalue weighted by Crippen LogP contribution is -2.15. The van der Waals surface area contributed by atoms with E-state index in [1.165, 1.54) is 23.9 Å². The van der Waals surface area contributed by atoms with E-state index < -0.39 is 5.82 Å². The molecule has 0 unspecified atom stereocenters. The first-order chi connectivity index (χ1) is 10.5. The number of aromatic nitrogens is 1. The lowest BCUT2D eigenvalue weighted by Gasteiger charge is -2.08. The van der Waals surface area contributed by atoms with Gasteiger partial charge in [0.2, 0.25) is 5.91 Å². The van der Waals surface area contributed by atoms with Gasteiger partial charge in [0.15, 0.2) is 0 Å². The van der Waals surface area contributed by atoms with E-state index in [0.717, 1.165) is 11.3 Å². The van der Waals surface area contributed by atoms with Crippen molar-refractivity contribution in [2.24, 2.45) is 0 Å². The fraction of sp³-hybridized carbons (Fsp3) is 0.188. The second kappa shape index (κ2) is 7.05. The number of benzene rings is 1. The van der Waals surface area contributed by atoms with Gasteiger partial charge in [-0.15, -0.1) is 0 Å². The van der Waals surface area contributed by atoms with Crippen LogP contribution in [0.5, 0.6) is 0 Å². The number of carbonyl (C=O) groups is 1. The van der Waals surface area contributed by atoms with Gasteiger partial charge in [-0.1, -0.05) is 23.9 Å². The Hall–Kier alpha value is -2.39. The number of nitriles is 1. The molecule has 0 bridgehead atoms. The minimum atomic E-state index is -0.483. The topological polar surface area (TPSA) is 65.8 Å². The molecule has 1 aromatic heterocycles. The van der Waals surface area contributed by atoms with Gasteiger partial charge in [-0.25, -0.2) is 9.37 Å². The van der Waals surface area contributed by atoms with Crippen molar-refractivity contribution in [2.75, 3.05) is 11.1 Å². The van der Waals surface area contributed by atoms with Crippen molar-refractivity contribution in [3.8, 4) is 6.07 Å². The molecular weight excluding hydrogens is 301 g/mol. The summed E-state index contributed by atoms with van der Waals surface area (Å²) in [6, 6.07) is 9.89. The first kappa shape index (κ1) is 16.0. The van der Waals surface area contributed by atoms with Gasteiger partial charge in [-0.2, -0.15) is 5.26 Å². The largest absolute Gasteiger partial charge is 0.323 e. The molecule has 6 heteroatoms. The molecule has 2 aromatic rings. The first-order valence-corrected chi connectivity index (χ1v) is 7.55. The number of hydrogen-bond acceptors (Lipinski definition) is 4. The molecular formula is C16H14FN3OS. The highest BCUT2D eigenvalue weighted by atomic mass is 32.2. The van der Waals surface area contributed by atoms with Gasteiger partial charge in [0, 0.05) is 5.69 Å². The summed E-state index contributed by atoms with van der Waals surface area (Å²) in [5.41, 5.74) is 2.22. The highest BCUT2D eigenvalue weighted by Gasteiger charge is 2.12. The van der Waals surface area contributed by atoms with Gasteiger partial charge >= 0.3 is 0 Å². The predicted molar refractivity (Wildman–Crippen MR) is 84.2 cm³/mol. The number of nitrogens with zero attached hydrogens (tertiary/aromatic N) is 2. The zero-order valence-electron chi connectivity index (χ0n) is 12.2. The summed E-state index contributed by atoms with van der Waals surface area (Å²) in [6.07, 6.45) is 0. The summed E-state index contributed by atoms with van der Waals surface area (Å²) in [6.45, 7) is 3.66. The van der Waals surface area contributed by atoms with Crippen molar-refractivity contribution >= 4 is 23.4 Å². The minimum Gasteiger partial charge on any atom is -0.323 e. The van der Waals surface area contributed by atoms with Gasteiger partial charge in [-0.05, 0) is 37.6 Å². The predicted octanol–water partition coefficient (Wildman–Crippen LogP) is 3.44. The molecule has 0 saturated heterocycles. The van der Waals surface area contributed by atoms with Crippen molar-refractivity contribution in [3.05, 3.63) is 53.0 Å². The summed E-state index contributed by atoms with van der Waals surface area (Å²) < 4.78 is 13.5. The van der Waals surface area contributed by atoms with E-state index in [-0.39, 0.29) is 17.3 Å². The summed E-state index contributed by atoms with van der Waals surface area (Å²) in [4.78, 5) is 16.2. The SMILES string of the molecule is Cc1cc(C)c(C#N)c(SCC(=O)Nc2ccccc2F)n1. The second-order valence-corrected chi connectivity index (χ2v) is 5.65. The highest BCUT2D eigenvalue weighted by molar-refractivity contribution is 8.00. The molecule has 0 aliphatic heterocycles. The Kier molecular flexibility index (Phi) is 5.12. The van der Waals surface area contributed by atoms with Crippen LogP contribution in [-0.2, 0) is 4.79 Å². The molecule has 0 radical (unpaired) electrons. The zero-order valence-corrected chi connectivity index (χ0v) is 13.0. The van der Waals surface area contributed by atoms with E-state index in [1.807, 2.05) is 19.9 Å². The van der Waals surface area contributed by atoms with Gasteiger partial charge in [-0.3, -0.25) is 4.79 Å². The molecule has 0 atom stereocenters. The standard InChI is InChI=1S/C16H14FN3OS/c1-10-7-11(2)19-16(12(10)8-18)22-9-15(21)20-14-6-4-3-5-13(14)17/h3-7H,9H2,1-2H3,(H,20,21). The van der Waals surface area contributed by atoms with Crippen molar-refractivity contribution in [1.82, 2.24) is 4.98 Å². The lowest BCUT2D eigenvalue weighted by atomic mass is 10.1. The van der Waals surface area contributed by atoms with Gasteiger partial charge < -0.3 is 5.32 Å². The monoisotopic (exact) mass is 315 g/mol. The van der Waals surface area contributed by atoms with E-state index in [9.17, 15) is 14.4 Å². The molecule has 0 spiro atoms. The van der Waals surface area contributed by atoms with Crippen LogP contribution >= 0.6 is 11.8 Å². The van der Waals surface area contributed by atoms with Crippen molar-refractivity contribution in [1.29, 1.82) is 5.26 Å². The van der Waals surface area contributed by atoms with Crippen molar-refractivity contribution < 1.29 is 9.18 Å². The molecule has 22 heavy (non-hydrogen) atoms. The molecule has 1 heterocycles. The fourth-order valence-corrected chi connectivity index (χ4v) is 2.83. The number of anilines is 1. The highest BCUT2D eigenvalue weighted by Crippen LogP contribution is 2.24. The number of thioether (sulfide) groups is 1. The van der Waals surface area contributed by atoms with Gasteiger partial charge in [0.1, 0.15) is 16.9 Å². The molecule has 112 valence electrons. The molecule has 2 rings (SSSR count). The molecule has 0 saturated carbocycles. The second-order valence-electron chi connectivity index (χ2n) is 4.69. The first-order valence-electron chi connectivity index (χ1n) is 6.56. The Morgan fingerprint density at radius 1 is 1.41 bits per heavy atom. The Balaban J connectivity index is 2.06. The number of nitrogens with one attached hydrogen (secondary N) is 1. The van der Waals surface area contributed by atoms with E-state index in [2.05, 4.69) is 16.4 Å². The van der Waals surface area contributed by atoms with Crippen LogP contribution in [-0.4, -0.2) is 16.6 Å². The van der Waals surface area contributed by atoms with Crippen molar-refractivity contribution in [2.45, 2.75) is 18.9 Å².